The number of sulfonamides is 1. The van der Waals surface area contributed by atoms with E-state index in [0.29, 0.717) is 24.4 Å². The summed E-state index contributed by atoms with van der Waals surface area (Å²) in [4.78, 5) is 28.8. The van der Waals surface area contributed by atoms with Crippen LogP contribution in [0.2, 0.25) is 0 Å². The Labute approximate surface area is 238 Å². The number of carbonyl (C=O) groups excluding carboxylic acids is 2. The predicted molar refractivity (Wildman–Crippen MR) is 158 cm³/mol. The summed E-state index contributed by atoms with van der Waals surface area (Å²) in [6, 6.07) is 20.0. The lowest BCUT2D eigenvalue weighted by Crippen LogP contribution is -2.52. The summed E-state index contributed by atoms with van der Waals surface area (Å²) >= 11 is 0. The fourth-order valence-corrected chi connectivity index (χ4v) is 5.77. The number of aryl methyl sites for hydroxylation is 2. The summed E-state index contributed by atoms with van der Waals surface area (Å²) in [5, 5.41) is 2.89. The van der Waals surface area contributed by atoms with Gasteiger partial charge in [-0.3, -0.25) is 13.9 Å². The number of amides is 2. The molecule has 2 amide bonds. The number of hydrogen-bond acceptors (Lipinski definition) is 5. The quantitative estimate of drug-likeness (QED) is 0.320. The first kappa shape index (κ1) is 30.7. The molecule has 40 heavy (non-hydrogen) atoms. The number of methoxy groups -OCH3 is 1. The maximum atomic E-state index is 14.1. The van der Waals surface area contributed by atoms with E-state index < -0.39 is 28.5 Å². The Morgan fingerprint density at radius 2 is 1.60 bits per heavy atom. The Morgan fingerprint density at radius 1 is 0.925 bits per heavy atom. The molecule has 3 aromatic rings. The van der Waals surface area contributed by atoms with Gasteiger partial charge in [-0.15, -0.1) is 0 Å². The van der Waals surface area contributed by atoms with Crippen LogP contribution >= 0.6 is 0 Å². The summed E-state index contributed by atoms with van der Waals surface area (Å²) in [5.74, 6) is -0.0783. The second kappa shape index (κ2) is 14.0. The predicted octanol–water partition coefficient (Wildman–Crippen LogP) is 4.84. The van der Waals surface area contributed by atoms with E-state index in [2.05, 4.69) is 5.32 Å². The number of hydrogen-bond donors (Lipinski definition) is 1. The molecule has 0 fully saturated rings. The summed E-state index contributed by atoms with van der Waals surface area (Å²) in [5.41, 5.74) is 2.95. The van der Waals surface area contributed by atoms with Crippen molar-refractivity contribution in [3.8, 4) is 5.75 Å². The van der Waals surface area contributed by atoms with Gasteiger partial charge in [0.25, 0.3) is 10.0 Å². The van der Waals surface area contributed by atoms with Crippen LogP contribution in [0.15, 0.2) is 77.7 Å². The van der Waals surface area contributed by atoms with Crippen molar-refractivity contribution >= 4 is 27.5 Å². The highest BCUT2D eigenvalue weighted by Crippen LogP contribution is 2.26. The molecule has 0 saturated heterocycles. The largest absolute Gasteiger partial charge is 0.497 e. The zero-order valence-corrected chi connectivity index (χ0v) is 24.7. The number of benzene rings is 3. The van der Waals surface area contributed by atoms with Gasteiger partial charge in [0.2, 0.25) is 11.8 Å². The Balaban J connectivity index is 2.04. The van der Waals surface area contributed by atoms with Crippen LogP contribution in [0.1, 0.15) is 43.4 Å². The van der Waals surface area contributed by atoms with Gasteiger partial charge in [-0.1, -0.05) is 55.8 Å². The van der Waals surface area contributed by atoms with E-state index in [4.69, 9.17) is 4.74 Å². The van der Waals surface area contributed by atoms with Gasteiger partial charge >= 0.3 is 0 Å². The van der Waals surface area contributed by atoms with Gasteiger partial charge in [0.05, 0.1) is 17.7 Å². The zero-order chi connectivity index (χ0) is 29.3. The molecule has 0 spiro atoms. The highest BCUT2D eigenvalue weighted by atomic mass is 32.2. The first-order valence-electron chi connectivity index (χ1n) is 13.5. The summed E-state index contributed by atoms with van der Waals surface area (Å²) < 4.78 is 34.2. The van der Waals surface area contributed by atoms with Crippen LogP contribution in [0.25, 0.3) is 0 Å². The van der Waals surface area contributed by atoms with Crippen molar-refractivity contribution in [1.29, 1.82) is 0 Å². The number of carbonyl (C=O) groups is 2. The summed E-state index contributed by atoms with van der Waals surface area (Å²) in [6.07, 6.45) is 1.12. The normalized spacial score (nSPS) is 11.9. The lowest BCUT2D eigenvalue weighted by Gasteiger charge is -2.33. The van der Waals surface area contributed by atoms with Crippen molar-refractivity contribution in [2.24, 2.45) is 0 Å². The van der Waals surface area contributed by atoms with E-state index in [1.54, 1.807) is 61.7 Å². The molecule has 3 aromatic carbocycles. The average molecular weight is 566 g/mol. The zero-order valence-electron chi connectivity index (χ0n) is 23.9. The summed E-state index contributed by atoms with van der Waals surface area (Å²) in [6.45, 7) is 7.69. The van der Waals surface area contributed by atoms with E-state index in [-0.39, 0.29) is 17.3 Å². The second-order valence-electron chi connectivity index (χ2n) is 9.75. The third-order valence-electron chi connectivity index (χ3n) is 6.62. The Kier molecular flexibility index (Phi) is 10.7. The van der Waals surface area contributed by atoms with Crippen molar-refractivity contribution in [2.45, 2.75) is 58.0 Å². The third-order valence-corrected chi connectivity index (χ3v) is 8.41. The van der Waals surface area contributed by atoms with Crippen molar-refractivity contribution in [2.75, 3.05) is 24.5 Å². The van der Waals surface area contributed by atoms with Gasteiger partial charge in [-0.25, -0.2) is 8.42 Å². The Bertz CT molecular complexity index is 1390. The van der Waals surface area contributed by atoms with Crippen LogP contribution in [0, 0.1) is 13.8 Å². The van der Waals surface area contributed by atoms with E-state index in [0.717, 1.165) is 27.4 Å². The number of nitrogens with zero attached hydrogens (tertiary/aromatic N) is 2. The molecule has 9 heteroatoms. The fraction of sp³-hybridized carbons (Fsp3) is 0.355. The van der Waals surface area contributed by atoms with Crippen molar-refractivity contribution in [3.05, 3.63) is 89.5 Å². The van der Waals surface area contributed by atoms with Gasteiger partial charge in [-0.2, -0.15) is 0 Å². The minimum Gasteiger partial charge on any atom is -0.497 e. The Hall–Kier alpha value is -3.85. The molecular weight excluding hydrogens is 526 g/mol. The van der Waals surface area contributed by atoms with Gasteiger partial charge in [0, 0.05) is 13.1 Å². The van der Waals surface area contributed by atoms with Gasteiger partial charge in [-0.05, 0) is 74.2 Å². The molecular formula is C31H39N3O5S. The van der Waals surface area contributed by atoms with Crippen molar-refractivity contribution in [1.82, 2.24) is 10.2 Å². The molecule has 0 bridgehead atoms. The first-order valence-corrected chi connectivity index (χ1v) is 14.9. The first-order chi connectivity index (χ1) is 19.1. The lowest BCUT2D eigenvalue weighted by atomic mass is 10.1. The molecule has 0 aliphatic rings. The highest BCUT2D eigenvalue weighted by Gasteiger charge is 2.33. The molecule has 0 aromatic heterocycles. The van der Waals surface area contributed by atoms with Crippen LogP contribution in [0.4, 0.5) is 5.69 Å². The molecule has 0 heterocycles. The topological polar surface area (TPSA) is 96.0 Å². The van der Waals surface area contributed by atoms with Crippen molar-refractivity contribution in [3.63, 3.8) is 0 Å². The minimum absolute atomic E-state index is 0.0850. The molecule has 0 saturated carbocycles. The van der Waals surface area contributed by atoms with Gasteiger partial charge in [0.15, 0.2) is 0 Å². The highest BCUT2D eigenvalue weighted by molar-refractivity contribution is 7.92. The lowest BCUT2D eigenvalue weighted by molar-refractivity contribution is -0.140. The molecule has 0 aliphatic carbocycles. The molecule has 214 valence electrons. The summed E-state index contributed by atoms with van der Waals surface area (Å²) in [7, 11) is -2.52. The van der Waals surface area contributed by atoms with Crippen LogP contribution in [-0.2, 0) is 26.2 Å². The maximum absolute atomic E-state index is 14.1. The number of nitrogens with one attached hydrogen (secondary N) is 1. The molecule has 1 unspecified atom stereocenters. The van der Waals surface area contributed by atoms with Gasteiger partial charge in [0.1, 0.15) is 18.3 Å². The fourth-order valence-electron chi connectivity index (χ4n) is 4.36. The molecule has 0 radical (unpaired) electrons. The van der Waals surface area contributed by atoms with Crippen LogP contribution in [0.5, 0.6) is 5.75 Å². The molecule has 3 rings (SSSR count). The van der Waals surface area contributed by atoms with Crippen molar-refractivity contribution < 1.29 is 22.7 Å². The van der Waals surface area contributed by atoms with Crippen LogP contribution < -0.4 is 14.4 Å². The standard InChI is InChI=1S/C31H39N3O5S/c1-6-19-32-31(36)29(7-2)33(21-25-13-15-27(39-5)16-14-25)30(35)22-34(26-10-8-9-24(4)20-26)40(37,38)28-17-11-23(3)12-18-28/h8-18,20,29H,6-7,19,21-22H2,1-5H3,(H,32,36). The average Bonchev–Trinajstić information content (AvgIpc) is 2.95. The third kappa shape index (κ3) is 7.63. The van der Waals surface area contributed by atoms with E-state index in [9.17, 15) is 18.0 Å². The number of ether oxygens (including phenoxy) is 1. The van der Waals surface area contributed by atoms with Crippen LogP contribution in [-0.4, -0.2) is 51.4 Å². The molecule has 8 nitrogen and oxygen atoms in total. The van der Waals surface area contributed by atoms with Gasteiger partial charge < -0.3 is 15.0 Å². The smallest absolute Gasteiger partial charge is 0.264 e. The number of anilines is 1. The molecule has 1 N–H and O–H groups in total. The Morgan fingerprint density at radius 3 is 2.17 bits per heavy atom. The second-order valence-corrected chi connectivity index (χ2v) is 11.6. The monoisotopic (exact) mass is 565 g/mol. The molecule has 1 atom stereocenters. The molecule has 0 aliphatic heterocycles. The number of rotatable bonds is 13. The minimum atomic E-state index is -4.10. The van der Waals surface area contributed by atoms with E-state index in [1.807, 2.05) is 45.9 Å². The maximum Gasteiger partial charge on any atom is 0.264 e. The SMILES string of the molecule is CCCNC(=O)C(CC)N(Cc1ccc(OC)cc1)C(=O)CN(c1cccc(C)c1)S(=O)(=O)c1ccc(C)cc1. The van der Waals surface area contributed by atoms with E-state index in [1.165, 1.54) is 4.90 Å². The van der Waals surface area contributed by atoms with E-state index >= 15 is 0 Å². The van der Waals surface area contributed by atoms with Crippen LogP contribution in [0.3, 0.4) is 0 Å².